The molecular weight excluding hydrogens is 284 g/mol. The summed E-state index contributed by atoms with van der Waals surface area (Å²) < 4.78 is 6.67. The number of nitrogens with two attached hydrogens (primary N) is 1. The van der Waals surface area contributed by atoms with Gasteiger partial charge in [-0.3, -0.25) is 0 Å². The van der Waals surface area contributed by atoms with Crippen molar-refractivity contribution >= 4 is 21.8 Å². The molecule has 0 radical (unpaired) electrons. The quantitative estimate of drug-likeness (QED) is 0.279. The first-order valence-corrected chi connectivity index (χ1v) is 6.28. The molecule has 0 fully saturated rings. The average molecular weight is 301 g/mol. The SMILES string of the molecule is Cc1cc(OCCCC/C(N)=N/O)ccc1Br. The molecule has 94 valence electrons. The van der Waals surface area contributed by atoms with Crippen LogP contribution in [-0.4, -0.2) is 17.6 Å². The first-order chi connectivity index (χ1) is 8.13. The first kappa shape index (κ1) is 13.8. The van der Waals surface area contributed by atoms with Crippen LogP contribution in [0.15, 0.2) is 27.8 Å². The summed E-state index contributed by atoms with van der Waals surface area (Å²) in [7, 11) is 0. The van der Waals surface area contributed by atoms with E-state index in [1.807, 2.05) is 25.1 Å². The molecule has 1 rings (SSSR count). The van der Waals surface area contributed by atoms with Crippen LogP contribution in [0.2, 0.25) is 0 Å². The van der Waals surface area contributed by atoms with Gasteiger partial charge in [0.1, 0.15) is 11.6 Å². The van der Waals surface area contributed by atoms with Gasteiger partial charge < -0.3 is 15.7 Å². The highest BCUT2D eigenvalue weighted by Gasteiger charge is 1.99. The molecule has 0 unspecified atom stereocenters. The molecule has 0 aromatic heterocycles. The Balaban J connectivity index is 2.24. The first-order valence-electron chi connectivity index (χ1n) is 5.49. The number of benzene rings is 1. The lowest BCUT2D eigenvalue weighted by atomic mass is 10.2. The summed E-state index contributed by atoms with van der Waals surface area (Å²) in [5.74, 6) is 1.14. The Kier molecular flexibility index (Phi) is 5.83. The van der Waals surface area contributed by atoms with Gasteiger partial charge in [0.25, 0.3) is 0 Å². The van der Waals surface area contributed by atoms with Gasteiger partial charge in [0.05, 0.1) is 6.61 Å². The van der Waals surface area contributed by atoms with E-state index in [2.05, 4.69) is 21.1 Å². The summed E-state index contributed by atoms with van der Waals surface area (Å²) in [5, 5.41) is 11.3. The van der Waals surface area contributed by atoms with Crippen LogP contribution >= 0.6 is 15.9 Å². The van der Waals surface area contributed by atoms with E-state index in [4.69, 9.17) is 15.7 Å². The molecule has 0 bridgehead atoms. The minimum absolute atomic E-state index is 0.268. The number of oxime groups is 1. The van der Waals surface area contributed by atoms with Crippen molar-refractivity contribution in [2.75, 3.05) is 6.61 Å². The Morgan fingerprint density at radius 3 is 2.88 bits per heavy atom. The van der Waals surface area contributed by atoms with E-state index >= 15 is 0 Å². The van der Waals surface area contributed by atoms with Gasteiger partial charge in [-0.25, -0.2) is 0 Å². The highest BCUT2D eigenvalue weighted by Crippen LogP contribution is 2.21. The van der Waals surface area contributed by atoms with E-state index in [1.54, 1.807) is 0 Å². The Morgan fingerprint density at radius 1 is 1.47 bits per heavy atom. The number of hydrogen-bond donors (Lipinski definition) is 2. The number of halogens is 1. The minimum Gasteiger partial charge on any atom is -0.494 e. The highest BCUT2D eigenvalue weighted by atomic mass is 79.9. The molecule has 0 atom stereocenters. The summed E-state index contributed by atoms with van der Waals surface area (Å²) >= 11 is 3.44. The van der Waals surface area contributed by atoms with Crippen molar-refractivity contribution in [3.63, 3.8) is 0 Å². The second-order valence-corrected chi connectivity index (χ2v) is 4.66. The van der Waals surface area contributed by atoms with Gasteiger partial charge in [0, 0.05) is 10.9 Å². The third kappa shape index (κ3) is 5.08. The van der Waals surface area contributed by atoms with E-state index in [0.717, 1.165) is 28.6 Å². The Bertz CT molecular complexity index is 394. The van der Waals surface area contributed by atoms with Crippen LogP contribution in [0.3, 0.4) is 0 Å². The van der Waals surface area contributed by atoms with Crippen LogP contribution in [0.25, 0.3) is 0 Å². The molecule has 0 amide bonds. The average Bonchev–Trinajstić information content (AvgIpc) is 2.33. The van der Waals surface area contributed by atoms with Crippen molar-refractivity contribution in [3.05, 3.63) is 28.2 Å². The number of ether oxygens (including phenoxy) is 1. The van der Waals surface area contributed by atoms with E-state index in [0.29, 0.717) is 13.0 Å². The zero-order chi connectivity index (χ0) is 12.7. The van der Waals surface area contributed by atoms with Crippen LogP contribution in [0.5, 0.6) is 5.75 Å². The van der Waals surface area contributed by atoms with Crippen molar-refractivity contribution in [1.82, 2.24) is 0 Å². The number of aryl methyl sites for hydroxylation is 1. The Hall–Kier alpha value is -1.23. The van der Waals surface area contributed by atoms with Gasteiger partial charge in [-0.05, 0) is 43.5 Å². The van der Waals surface area contributed by atoms with Gasteiger partial charge in [-0.15, -0.1) is 0 Å². The number of unbranched alkanes of at least 4 members (excludes halogenated alkanes) is 1. The smallest absolute Gasteiger partial charge is 0.139 e. The Labute approximate surface area is 110 Å². The third-order valence-electron chi connectivity index (χ3n) is 2.35. The van der Waals surface area contributed by atoms with Crippen molar-refractivity contribution in [2.45, 2.75) is 26.2 Å². The number of amidine groups is 1. The number of rotatable bonds is 6. The molecule has 0 aliphatic heterocycles. The van der Waals surface area contributed by atoms with Crippen LogP contribution in [0.1, 0.15) is 24.8 Å². The van der Waals surface area contributed by atoms with Gasteiger partial charge in [0.2, 0.25) is 0 Å². The van der Waals surface area contributed by atoms with Crippen LogP contribution in [0, 0.1) is 6.92 Å². The predicted molar refractivity (Wildman–Crippen MR) is 71.6 cm³/mol. The summed E-state index contributed by atoms with van der Waals surface area (Å²) in [6.07, 6.45) is 2.33. The second kappa shape index (κ2) is 7.17. The summed E-state index contributed by atoms with van der Waals surface area (Å²) in [4.78, 5) is 0. The number of nitrogens with zero attached hydrogens (tertiary/aromatic N) is 1. The Morgan fingerprint density at radius 2 is 2.24 bits per heavy atom. The largest absolute Gasteiger partial charge is 0.494 e. The molecule has 3 N–H and O–H groups in total. The molecule has 0 saturated carbocycles. The van der Waals surface area contributed by atoms with Crippen molar-refractivity contribution in [3.8, 4) is 5.75 Å². The third-order valence-corrected chi connectivity index (χ3v) is 3.24. The lowest BCUT2D eigenvalue weighted by Crippen LogP contribution is -2.11. The molecule has 0 spiro atoms. The van der Waals surface area contributed by atoms with Crippen molar-refractivity contribution in [1.29, 1.82) is 0 Å². The van der Waals surface area contributed by atoms with Gasteiger partial charge in [-0.2, -0.15) is 0 Å². The monoisotopic (exact) mass is 300 g/mol. The van der Waals surface area contributed by atoms with E-state index < -0.39 is 0 Å². The molecule has 0 aliphatic rings. The normalized spacial score (nSPS) is 11.5. The van der Waals surface area contributed by atoms with E-state index in [-0.39, 0.29) is 5.84 Å². The van der Waals surface area contributed by atoms with Gasteiger partial charge in [-0.1, -0.05) is 21.1 Å². The zero-order valence-electron chi connectivity index (χ0n) is 9.82. The van der Waals surface area contributed by atoms with Crippen LogP contribution in [0.4, 0.5) is 0 Å². The second-order valence-electron chi connectivity index (χ2n) is 3.81. The molecule has 5 heteroatoms. The van der Waals surface area contributed by atoms with Gasteiger partial charge >= 0.3 is 0 Å². The van der Waals surface area contributed by atoms with E-state index in [1.165, 1.54) is 0 Å². The molecule has 1 aromatic rings. The molecular formula is C12H17BrN2O2. The summed E-state index contributed by atoms with van der Waals surface area (Å²) in [6.45, 7) is 2.66. The fourth-order valence-corrected chi connectivity index (χ4v) is 1.60. The summed E-state index contributed by atoms with van der Waals surface area (Å²) in [5.41, 5.74) is 6.51. The molecule has 0 aliphatic carbocycles. The minimum atomic E-state index is 0.268. The molecule has 0 saturated heterocycles. The van der Waals surface area contributed by atoms with Crippen molar-refractivity contribution in [2.24, 2.45) is 10.9 Å². The topological polar surface area (TPSA) is 67.8 Å². The fourth-order valence-electron chi connectivity index (χ4n) is 1.36. The maximum atomic E-state index is 8.35. The lowest BCUT2D eigenvalue weighted by molar-refractivity contribution is 0.304. The van der Waals surface area contributed by atoms with Crippen LogP contribution < -0.4 is 10.5 Å². The number of hydrogen-bond acceptors (Lipinski definition) is 3. The predicted octanol–water partition coefficient (Wildman–Crippen LogP) is 3.05. The maximum Gasteiger partial charge on any atom is 0.139 e. The fraction of sp³-hybridized carbons (Fsp3) is 0.417. The zero-order valence-corrected chi connectivity index (χ0v) is 11.4. The molecule has 17 heavy (non-hydrogen) atoms. The van der Waals surface area contributed by atoms with E-state index in [9.17, 15) is 0 Å². The highest BCUT2D eigenvalue weighted by molar-refractivity contribution is 9.10. The molecule has 1 aromatic carbocycles. The van der Waals surface area contributed by atoms with Gasteiger partial charge in [0.15, 0.2) is 0 Å². The summed E-state index contributed by atoms with van der Waals surface area (Å²) in [6, 6.07) is 5.90. The molecule has 0 heterocycles. The van der Waals surface area contributed by atoms with Crippen molar-refractivity contribution < 1.29 is 9.94 Å². The maximum absolute atomic E-state index is 8.35. The lowest BCUT2D eigenvalue weighted by Gasteiger charge is -2.07. The standard InChI is InChI=1S/C12H17BrN2O2/c1-9-8-10(5-6-11(9)13)17-7-3-2-4-12(14)15-16/h5-6,8,16H,2-4,7H2,1H3,(H2,14,15). The van der Waals surface area contributed by atoms with Crippen LogP contribution in [-0.2, 0) is 0 Å². The molecule has 4 nitrogen and oxygen atoms in total.